The number of carbonyl (C=O) groups is 2. The molecule has 4 heteroatoms. The fraction of sp³-hybridized carbons (Fsp3) is 0.333. The fourth-order valence-corrected chi connectivity index (χ4v) is 6.44. The minimum Gasteiger partial charge on any atom is -0.478 e. The Morgan fingerprint density at radius 3 is 2.29 bits per heavy atom. The van der Waals surface area contributed by atoms with Crippen LogP contribution < -0.4 is 0 Å². The molecule has 156 valence electrons. The van der Waals surface area contributed by atoms with Crippen LogP contribution in [0.5, 0.6) is 0 Å². The highest BCUT2D eigenvalue weighted by Crippen LogP contribution is 2.58. The van der Waals surface area contributed by atoms with E-state index in [0.717, 1.165) is 65.0 Å². The van der Waals surface area contributed by atoms with Gasteiger partial charge in [0.25, 0.3) is 0 Å². The van der Waals surface area contributed by atoms with Crippen molar-refractivity contribution in [2.24, 2.45) is 11.8 Å². The van der Waals surface area contributed by atoms with E-state index in [2.05, 4.69) is 12.1 Å². The molecular weight excluding hydrogens is 388 g/mol. The average molecular weight is 412 g/mol. The van der Waals surface area contributed by atoms with Crippen LogP contribution in [0.3, 0.4) is 0 Å². The lowest BCUT2D eigenvalue weighted by molar-refractivity contribution is -0.226. The minimum atomic E-state index is -0.921. The van der Waals surface area contributed by atoms with Crippen LogP contribution in [0.15, 0.2) is 54.6 Å². The summed E-state index contributed by atoms with van der Waals surface area (Å²) in [4.78, 5) is 23.2. The first kappa shape index (κ1) is 18.8. The molecule has 2 aliphatic heterocycles. The molecule has 3 aromatic carbocycles. The van der Waals surface area contributed by atoms with E-state index in [1.165, 1.54) is 6.42 Å². The molecule has 4 aliphatic rings. The van der Waals surface area contributed by atoms with Crippen LogP contribution in [0, 0.1) is 11.8 Å². The molecule has 0 aromatic heterocycles. The van der Waals surface area contributed by atoms with Crippen molar-refractivity contribution in [3.63, 3.8) is 0 Å². The van der Waals surface area contributed by atoms with E-state index in [-0.39, 0.29) is 11.2 Å². The molecule has 4 nitrogen and oxygen atoms in total. The number of benzene rings is 3. The third-order valence-corrected chi connectivity index (χ3v) is 7.58. The number of rotatable bonds is 4. The molecule has 2 saturated carbocycles. The van der Waals surface area contributed by atoms with Gasteiger partial charge in [-0.25, -0.2) is 4.79 Å². The van der Waals surface area contributed by atoms with Crippen molar-refractivity contribution in [2.75, 3.05) is 0 Å². The Kier molecular flexibility index (Phi) is 4.09. The largest absolute Gasteiger partial charge is 0.478 e. The van der Waals surface area contributed by atoms with Gasteiger partial charge in [-0.3, -0.25) is 4.79 Å². The molecule has 1 N–H and O–H groups in total. The Hall–Kier alpha value is -2.98. The summed E-state index contributed by atoms with van der Waals surface area (Å²) in [6, 6.07) is 17.3. The Morgan fingerprint density at radius 2 is 1.58 bits per heavy atom. The third-order valence-electron chi connectivity index (χ3n) is 7.58. The summed E-state index contributed by atoms with van der Waals surface area (Å²) < 4.78 is 6.62. The van der Waals surface area contributed by atoms with E-state index >= 15 is 0 Å². The minimum absolute atomic E-state index is 0.289. The van der Waals surface area contributed by atoms with Gasteiger partial charge in [0.05, 0.1) is 17.3 Å². The van der Waals surface area contributed by atoms with Crippen LogP contribution in [0.1, 0.15) is 58.4 Å². The highest BCUT2D eigenvalue weighted by atomic mass is 16.5. The lowest BCUT2D eigenvalue weighted by Gasteiger charge is -2.57. The predicted molar refractivity (Wildman–Crippen MR) is 118 cm³/mol. The standard InChI is InChI=1S/C27H24O4/c28-15-23-6-4-21(19-1-2-20-11-22(26(29)30)5-3-18(20)10-19)12-25(23)27-13-16-7-17(14-27)9-24(8-16)31-27/h1-6,10-12,15-17,24H,7-9,13-14H2,(H,29,30). The van der Waals surface area contributed by atoms with Crippen molar-refractivity contribution in [3.8, 4) is 11.1 Å². The summed E-state index contributed by atoms with van der Waals surface area (Å²) in [6.07, 6.45) is 6.96. The van der Waals surface area contributed by atoms with E-state index in [1.54, 1.807) is 12.1 Å². The van der Waals surface area contributed by atoms with E-state index in [1.807, 2.05) is 30.3 Å². The number of carbonyl (C=O) groups excluding carboxylic acids is 1. The predicted octanol–water partition coefficient (Wildman–Crippen LogP) is 5.82. The molecule has 0 spiro atoms. The molecule has 0 amide bonds. The van der Waals surface area contributed by atoms with Gasteiger partial charge in [-0.2, -0.15) is 0 Å². The number of aromatic carboxylic acids is 1. The van der Waals surface area contributed by atoms with Gasteiger partial charge in [0.15, 0.2) is 0 Å². The van der Waals surface area contributed by atoms with Gasteiger partial charge in [-0.05, 0) is 95.7 Å². The quantitative estimate of drug-likeness (QED) is 0.548. The van der Waals surface area contributed by atoms with Crippen molar-refractivity contribution >= 4 is 23.0 Å². The first-order valence-electron chi connectivity index (χ1n) is 11.1. The third kappa shape index (κ3) is 3.01. The highest BCUT2D eigenvalue weighted by Gasteiger charge is 2.53. The van der Waals surface area contributed by atoms with Crippen LogP contribution in [-0.2, 0) is 10.3 Å². The van der Waals surface area contributed by atoms with Crippen LogP contribution >= 0.6 is 0 Å². The lowest BCUT2D eigenvalue weighted by atomic mass is 9.60. The second kappa shape index (κ2) is 6.76. The Balaban J connectivity index is 1.44. The summed E-state index contributed by atoms with van der Waals surface area (Å²) in [6.45, 7) is 0. The number of aldehydes is 1. The zero-order valence-electron chi connectivity index (χ0n) is 17.2. The van der Waals surface area contributed by atoms with Crippen molar-refractivity contribution in [1.82, 2.24) is 0 Å². The molecule has 4 fully saturated rings. The number of hydrogen-bond acceptors (Lipinski definition) is 3. The smallest absolute Gasteiger partial charge is 0.335 e. The zero-order chi connectivity index (χ0) is 21.2. The van der Waals surface area contributed by atoms with Crippen molar-refractivity contribution < 1.29 is 19.4 Å². The second-order valence-electron chi connectivity index (χ2n) is 9.58. The van der Waals surface area contributed by atoms with Crippen LogP contribution in [0.25, 0.3) is 21.9 Å². The van der Waals surface area contributed by atoms with E-state index in [9.17, 15) is 14.7 Å². The van der Waals surface area contributed by atoms with E-state index in [4.69, 9.17) is 4.74 Å². The van der Waals surface area contributed by atoms with Crippen LogP contribution in [-0.4, -0.2) is 23.5 Å². The number of carboxylic acids is 1. The van der Waals surface area contributed by atoms with Crippen LogP contribution in [0.2, 0.25) is 0 Å². The van der Waals surface area contributed by atoms with Gasteiger partial charge < -0.3 is 9.84 Å². The molecule has 2 unspecified atom stereocenters. The molecule has 2 aliphatic carbocycles. The summed E-state index contributed by atoms with van der Waals surface area (Å²) >= 11 is 0. The maximum absolute atomic E-state index is 11.9. The zero-order valence-corrected chi connectivity index (χ0v) is 17.2. The van der Waals surface area contributed by atoms with Gasteiger partial charge in [-0.15, -0.1) is 0 Å². The normalized spacial score (nSPS) is 28.7. The molecular formula is C27H24O4. The number of ether oxygens (including phenoxy) is 1. The van der Waals surface area contributed by atoms with Gasteiger partial charge in [0, 0.05) is 5.56 Å². The molecule has 4 bridgehead atoms. The second-order valence-corrected chi connectivity index (χ2v) is 9.58. The van der Waals surface area contributed by atoms with Crippen molar-refractivity contribution in [2.45, 2.75) is 43.8 Å². The fourth-order valence-electron chi connectivity index (χ4n) is 6.44. The highest BCUT2D eigenvalue weighted by molar-refractivity contribution is 5.95. The molecule has 0 radical (unpaired) electrons. The number of carboxylic acid groups (broad SMARTS) is 1. The lowest BCUT2D eigenvalue weighted by Crippen LogP contribution is -2.53. The number of fused-ring (bicyclic) bond motifs is 1. The number of hydrogen-bond donors (Lipinski definition) is 1. The molecule has 2 atom stereocenters. The van der Waals surface area contributed by atoms with Crippen LogP contribution in [0.4, 0.5) is 0 Å². The molecule has 7 rings (SSSR count). The maximum Gasteiger partial charge on any atom is 0.335 e. The van der Waals surface area contributed by atoms with Crippen molar-refractivity contribution in [3.05, 3.63) is 71.3 Å². The summed E-state index contributed by atoms with van der Waals surface area (Å²) in [5.74, 6) is 0.493. The topological polar surface area (TPSA) is 63.6 Å². The Bertz CT molecular complexity index is 1190. The van der Waals surface area contributed by atoms with E-state index in [0.29, 0.717) is 17.9 Å². The SMILES string of the molecule is O=Cc1ccc(-c2ccc3cc(C(=O)O)ccc3c2)cc1C12CC3CC(CC(C3)O1)C2. The first-order chi connectivity index (χ1) is 15.0. The van der Waals surface area contributed by atoms with Gasteiger partial charge in [-0.1, -0.05) is 30.3 Å². The van der Waals surface area contributed by atoms with Gasteiger partial charge in [0.2, 0.25) is 0 Å². The van der Waals surface area contributed by atoms with E-state index < -0.39 is 5.97 Å². The Labute approximate surface area is 180 Å². The average Bonchev–Trinajstić information content (AvgIpc) is 2.77. The first-order valence-corrected chi connectivity index (χ1v) is 11.1. The Morgan fingerprint density at radius 1 is 0.903 bits per heavy atom. The molecule has 3 aromatic rings. The maximum atomic E-state index is 11.9. The van der Waals surface area contributed by atoms with Gasteiger partial charge in [0.1, 0.15) is 6.29 Å². The summed E-state index contributed by atoms with van der Waals surface area (Å²) in [5.41, 5.74) is 3.85. The molecule has 31 heavy (non-hydrogen) atoms. The molecule has 2 saturated heterocycles. The van der Waals surface area contributed by atoms with Gasteiger partial charge >= 0.3 is 5.97 Å². The molecule has 2 heterocycles. The summed E-state index contributed by atoms with van der Waals surface area (Å²) in [7, 11) is 0. The van der Waals surface area contributed by atoms with Crippen molar-refractivity contribution in [1.29, 1.82) is 0 Å². The monoisotopic (exact) mass is 412 g/mol. The summed E-state index contributed by atoms with van der Waals surface area (Å²) in [5, 5.41) is 11.1.